The van der Waals surface area contributed by atoms with Crippen LogP contribution in [-0.4, -0.2) is 46.7 Å². The third-order valence-corrected chi connectivity index (χ3v) is 4.11. The zero-order chi connectivity index (χ0) is 21.3. The highest BCUT2D eigenvalue weighted by Gasteiger charge is 2.32. The Hall–Kier alpha value is -2.32. The van der Waals surface area contributed by atoms with Crippen LogP contribution in [0.15, 0.2) is 30.3 Å². The first-order valence-electron chi connectivity index (χ1n) is 9.54. The molecule has 1 rings (SSSR count). The maximum atomic E-state index is 12.6. The van der Waals surface area contributed by atoms with E-state index in [-0.39, 0.29) is 11.8 Å². The molecule has 0 aromatic heterocycles. The van der Waals surface area contributed by atoms with E-state index in [0.717, 1.165) is 0 Å². The summed E-state index contributed by atoms with van der Waals surface area (Å²) in [4.78, 5) is 23.8. The van der Waals surface area contributed by atoms with Gasteiger partial charge in [0.05, 0.1) is 6.04 Å². The van der Waals surface area contributed by atoms with E-state index < -0.39 is 36.5 Å². The third kappa shape index (κ3) is 8.58. The second-order valence-corrected chi connectivity index (χ2v) is 7.75. The molecule has 0 saturated heterocycles. The van der Waals surface area contributed by atoms with Crippen LogP contribution in [-0.2, 0) is 9.53 Å². The van der Waals surface area contributed by atoms with Crippen LogP contribution in [0.1, 0.15) is 40.5 Å². The van der Waals surface area contributed by atoms with Crippen LogP contribution in [0.2, 0.25) is 0 Å². The number of primary amides is 1. The molecule has 0 aliphatic heterocycles. The zero-order valence-corrected chi connectivity index (χ0v) is 17.0. The summed E-state index contributed by atoms with van der Waals surface area (Å²) in [5, 5.41) is 26.5. The Morgan fingerprint density at radius 2 is 1.61 bits per heavy atom. The molecule has 8 heteroatoms. The summed E-state index contributed by atoms with van der Waals surface area (Å²) in [6.45, 7) is 7.65. The Balaban J connectivity index is 2.86. The molecular weight excluding hydrogens is 362 g/mol. The lowest BCUT2D eigenvalue weighted by molar-refractivity contribution is -0.132. The van der Waals surface area contributed by atoms with Crippen molar-refractivity contribution in [2.45, 2.75) is 65.0 Å². The number of carbonyl (C=O) groups excluding carboxylic acids is 2. The SMILES string of the molecule is CC(C)CC(NC(=O)[C@H](CC(C)C)OC(N)=O)C(O)C(O)Nc1ccccc1. The molecule has 0 aliphatic rings. The molecule has 0 aliphatic carbocycles. The summed E-state index contributed by atoms with van der Waals surface area (Å²) in [6.07, 6.45) is -3.95. The number of aliphatic hydroxyl groups is 2. The van der Waals surface area contributed by atoms with E-state index in [1.165, 1.54) is 0 Å². The Bertz CT molecular complexity index is 609. The van der Waals surface area contributed by atoms with Crippen LogP contribution in [0.3, 0.4) is 0 Å². The number of hydrogen-bond acceptors (Lipinski definition) is 6. The standard InChI is InChI=1S/C20H33N3O5/c1-12(2)10-15(17(24)19(26)22-14-8-6-5-7-9-14)23-18(25)16(11-13(3)4)28-20(21)27/h5-9,12-13,15-17,19,22,24,26H,10-11H2,1-4H3,(H2,21,27)(H,23,25)/t15?,16-,17?,19?/m0/s1. The number of anilines is 1. The highest BCUT2D eigenvalue weighted by atomic mass is 16.6. The molecule has 6 N–H and O–H groups in total. The number of para-hydroxylation sites is 1. The van der Waals surface area contributed by atoms with Crippen molar-refractivity contribution in [3.8, 4) is 0 Å². The van der Waals surface area contributed by atoms with Crippen molar-refractivity contribution in [3.05, 3.63) is 30.3 Å². The van der Waals surface area contributed by atoms with Crippen molar-refractivity contribution in [2.75, 3.05) is 5.32 Å². The number of amides is 2. The lowest BCUT2D eigenvalue weighted by Crippen LogP contribution is -2.54. The number of hydrogen-bond donors (Lipinski definition) is 5. The monoisotopic (exact) mass is 395 g/mol. The fourth-order valence-corrected chi connectivity index (χ4v) is 2.85. The van der Waals surface area contributed by atoms with Gasteiger partial charge in [-0.3, -0.25) is 4.79 Å². The Kier molecular flexibility index (Phi) is 9.75. The molecule has 158 valence electrons. The number of nitrogens with one attached hydrogen (secondary N) is 2. The summed E-state index contributed by atoms with van der Waals surface area (Å²) in [5.74, 6) is -0.317. The second-order valence-electron chi connectivity index (χ2n) is 7.75. The molecule has 2 amide bonds. The minimum absolute atomic E-state index is 0.0916. The summed E-state index contributed by atoms with van der Waals surface area (Å²) >= 11 is 0. The number of carbonyl (C=O) groups is 2. The second kappa shape index (κ2) is 11.5. The minimum Gasteiger partial charge on any atom is -0.436 e. The summed E-state index contributed by atoms with van der Waals surface area (Å²) in [6, 6.07) is 8.20. The quantitative estimate of drug-likeness (QED) is 0.363. The fourth-order valence-electron chi connectivity index (χ4n) is 2.85. The molecule has 1 aromatic rings. The van der Waals surface area contributed by atoms with Gasteiger partial charge in [-0.2, -0.15) is 0 Å². The van der Waals surface area contributed by atoms with E-state index in [4.69, 9.17) is 10.5 Å². The van der Waals surface area contributed by atoms with Gasteiger partial charge in [0.1, 0.15) is 6.10 Å². The number of rotatable bonds is 11. The van der Waals surface area contributed by atoms with E-state index >= 15 is 0 Å². The maximum absolute atomic E-state index is 12.6. The molecular formula is C20H33N3O5. The van der Waals surface area contributed by atoms with Crippen LogP contribution in [0, 0.1) is 11.8 Å². The molecule has 28 heavy (non-hydrogen) atoms. The number of benzene rings is 1. The van der Waals surface area contributed by atoms with Crippen molar-refractivity contribution in [1.82, 2.24) is 5.32 Å². The average molecular weight is 396 g/mol. The van der Waals surface area contributed by atoms with Crippen molar-refractivity contribution in [2.24, 2.45) is 17.6 Å². The highest BCUT2D eigenvalue weighted by molar-refractivity contribution is 5.83. The molecule has 4 atom stereocenters. The zero-order valence-electron chi connectivity index (χ0n) is 17.0. The van der Waals surface area contributed by atoms with Gasteiger partial charge in [-0.05, 0) is 36.8 Å². The van der Waals surface area contributed by atoms with Gasteiger partial charge >= 0.3 is 6.09 Å². The van der Waals surface area contributed by atoms with Crippen LogP contribution in [0.25, 0.3) is 0 Å². The maximum Gasteiger partial charge on any atom is 0.405 e. The van der Waals surface area contributed by atoms with Gasteiger partial charge in [0.25, 0.3) is 5.91 Å². The van der Waals surface area contributed by atoms with Crippen molar-refractivity contribution >= 4 is 17.7 Å². The molecule has 0 radical (unpaired) electrons. The first-order chi connectivity index (χ1) is 13.1. The van der Waals surface area contributed by atoms with Crippen molar-refractivity contribution in [3.63, 3.8) is 0 Å². The molecule has 0 fully saturated rings. The Morgan fingerprint density at radius 1 is 1.04 bits per heavy atom. The molecule has 0 bridgehead atoms. The van der Waals surface area contributed by atoms with Gasteiger partial charge in [0.15, 0.2) is 12.3 Å². The third-order valence-electron chi connectivity index (χ3n) is 4.11. The van der Waals surface area contributed by atoms with E-state index in [1.54, 1.807) is 24.3 Å². The van der Waals surface area contributed by atoms with Gasteiger partial charge < -0.3 is 31.3 Å². The van der Waals surface area contributed by atoms with Crippen LogP contribution in [0.5, 0.6) is 0 Å². The summed E-state index contributed by atoms with van der Waals surface area (Å²) in [5.41, 5.74) is 5.71. The Labute approximate surface area is 166 Å². The molecule has 0 saturated carbocycles. The molecule has 0 heterocycles. The average Bonchev–Trinajstić information content (AvgIpc) is 2.59. The van der Waals surface area contributed by atoms with Gasteiger partial charge in [-0.1, -0.05) is 45.9 Å². The normalized spacial score (nSPS) is 15.6. The first-order valence-corrected chi connectivity index (χ1v) is 9.54. The van der Waals surface area contributed by atoms with E-state index in [2.05, 4.69) is 10.6 Å². The fraction of sp³-hybridized carbons (Fsp3) is 0.600. The number of nitrogens with two attached hydrogens (primary N) is 1. The topological polar surface area (TPSA) is 134 Å². The van der Waals surface area contributed by atoms with Gasteiger partial charge in [0, 0.05) is 5.69 Å². The summed E-state index contributed by atoms with van der Waals surface area (Å²) in [7, 11) is 0. The lowest BCUT2D eigenvalue weighted by atomic mass is 9.97. The molecule has 8 nitrogen and oxygen atoms in total. The predicted molar refractivity (Wildman–Crippen MR) is 107 cm³/mol. The first kappa shape index (κ1) is 23.7. The van der Waals surface area contributed by atoms with Crippen LogP contribution < -0.4 is 16.4 Å². The lowest BCUT2D eigenvalue weighted by Gasteiger charge is -2.31. The highest BCUT2D eigenvalue weighted by Crippen LogP contribution is 2.16. The molecule has 1 aromatic carbocycles. The smallest absolute Gasteiger partial charge is 0.405 e. The van der Waals surface area contributed by atoms with Gasteiger partial charge in [-0.15, -0.1) is 0 Å². The largest absolute Gasteiger partial charge is 0.436 e. The van der Waals surface area contributed by atoms with Crippen molar-refractivity contribution < 1.29 is 24.5 Å². The molecule has 0 spiro atoms. The number of aliphatic hydroxyl groups excluding tert-OH is 2. The number of ether oxygens (including phenoxy) is 1. The van der Waals surface area contributed by atoms with Crippen LogP contribution in [0.4, 0.5) is 10.5 Å². The Morgan fingerprint density at radius 3 is 2.11 bits per heavy atom. The predicted octanol–water partition coefficient (Wildman–Crippen LogP) is 1.82. The van der Waals surface area contributed by atoms with Crippen molar-refractivity contribution in [1.29, 1.82) is 0 Å². The van der Waals surface area contributed by atoms with E-state index in [0.29, 0.717) is 18.5 Å². The van der Waals surface area contributed by atoms with E-state index in [9.17, 15) is 19.8 Å². The van der Waals surface area contributed by atoms with Gasteiger partial charge in [-0.25, -0.2) is 4.79 Å². The van der Waals surface area contributed by atoms with E-state index in [1.807, 2.05) is 33.8 Å². The summed E-state index contributed by atoms with van der Waals surface area (Å²) < 4.78 is 4.93. The molecule has 3 unspecified atom stereocenters. The minimum atomic E-state index is -1.30. The van der Waals surface area contributed by atoms with Crippen LogP contribution >= 0.6 is 0 Å². The van der Waals surface area contributed by atoms with Gasteiger partial charge in [0.2, 0.25) is 0 Å².